The van der Waals surface area contributed by atoms with Crippen LogP contribution in [-0.2, 0) is 55.8 Å². The van der Waals surface area contributed by atoms with Crippen molar-refractivity contribution in [2.45, 2.75) is 386 Å². The molecule has 0 aromatic rings. The van der Waals surface area contributed by atoms with Gasteiger partial charge in [0.1, 0.15) is 25.4 Å². The molecule has 0 saturated carbocycles. The fourth-order valence-electron chi connectivity index (χ4n) is 12.4. The second kappa shape index (κ2) is 93.3. The van der Waals surface area contributed by atoms with Crippen LogP contribution in [0.2, 0.25) is 0 Å². The number of carbonyl (C=O) groups is 3. The van der Waals surface area contributed by atoms with Gasteiger partial charge in [-0.1, -0.05) is 388 Å². The van der Waals surface area contributed by atoms with E-state index >= 15 is 0 Å². The number of esters is 3. The number of aliphatic hydroxyl groups is 2. The zero-order valence-corrected chi connectivity index (χ0v) is 77.7. The molecule has 4 N–H and O–H groups in total. The summed E-state index contributed by atoms with van der Waals surface area (Å²) in [7, 11) is -9.83. The van der Waals surface area contributed by atoms with Crippen LogP contribution in [0.4, 0.5) is 0 Å². The van der Waals surface area contributed by atoms with Crippen LogP contribution in [-0.4, -0.2) is 95.9 Å². The van der Waals surface area contributed by atoms with Crippen molar-refractivity contribution in [3.63, 3.8) is 0 Å². The highest BCUT2D eigenvalue weighted by Gasteiger charge is 2.29. The monoisotopic (exact) mass is 1730 g/mol. The van der Waals surface area contributed by atoms with Crippen LogP contribution in [0.25, 0.3) is 0 Å². The lowest BCUT2D eigenvalue weighted by molar-refractivity contribution is -0.161. The molecule has 0 radical (unpaired) electrons. The number of ether oxygens (including phenoxy) is 3. The number of phosphoric acid groups is 2. The normalized spacial score (nSPS) is 14.7. The summed E-state index contributed by atoms with van der Waals surface area (Å²) in [5.74, 6) is -1.61. The number of hydrogen-bond donors (Lipinski definition) is 4. The molecule has 0 aromatic heterocycles. The highest BCUT2D eigenvalue weighted by atomic mass is 31.2. The molecule has 0 aliphatic carbocycles. The first-order valence-electron chi connectivity index (χ1n) is 47.4. The third-order valence-corrected chi connectivity index (χ3v) is 21.4. The number of hydrogen-bond acceptors (Lipinski definition) is 14. The lowest BCUT2D eigenvalue weighted by Gasteiger charge is -2.21. The molecular formula is C103H170O16P2. The number of phosphoric ester groups is 2. The van der Waals surface area contributed by atoms with Gasteiger partial charge in [0.15, 0.2) is 6.10 Å². The molecule has 0 saturated heterocycles. The van der Waals surface area contributed by atoms with E-state index in [1.165, 1.54) is 128 Å². The van der Waals surface area contributed by atoms with E-state index in [0.717, 1.165) is 180 Å². The van der Waals surface area contributed by atoms with Crippen LogP contribution in [0.5, 0.6) is 0 Å². The second-order valence-corrected chi connectivity index (χ2v) is 33.9. The van der Waals surface area contributed by atoms with Gasteiger partial charge in [-0.25, -0.2) is 9.13 Å². The second-order valence-electron chi connectivity index (χ2n) is 31.0. The summed E-state index contributed by atoms with van der Waals surface area (Å²) in [5.41, 5.74) is 0. The number of carbonyl (C=O) groups excluding carboxylic acids is 3. The molecule has 5 unspecified atom stereocenters. The minimum absolute atomic E-state index is 0.0591. The number of aliphatic hydroxyl groups excluding tert-OH is 2. The van der Waals surface area contributed by atoms with Gasteiger partial charge in [-0.3, -0.25) is 32.5 Å². The molecule has 0 aliphatic rings. The van der Waals surface area contributed by atoms with Crippen molar-refractivity contribution in [1.82, 2.24) is 0 Å². The maximum Gasteiger partial charge on any atom is 0.472 e. The highest BCUT2D eigenvalue weighted by molar-refractivity contribution is 7.47. The Bertz CT molecular complexity index is 3030. The Kier molecular flexibility index (Phi) is 88.8. The van der Waals surface area contributed by atoms with E-state index < -0.39 is 91.5 Å². The van der Waals surface area contributed by atoms with Gasteiger partial charge in [-0.15, -0.1) is 0 Å². The van der Waals surface area contributed by atoms with E-state index in [2.05, 4.69) is 227 Å². The summed E-state index contributed by atoms with van der Waals surface area (Å²) in [6.45, 7) is 2.32. The van der Waals surface area contributed by atoms with Crippen LogP contribution in [0.15, 0.2) is 207 Å². The van der Waals surface area contributed by atoms with Crippen LogP contribution in [0, 0.1) is 0 Å². The summed E-state index contributed by atoms with van der Waals surface area (Å²) in [6, 6.07) is 0. The Hall–Kier alpha value is -5.87. The molecule has 0 heterocycles. The van der Waals surface area contributed by atoms with Crippen LogP contribution in [0.1, 0.15) is 367 Å². The third-order valence-electron chi connectivity index (χ3n) is 19.5. The molecule has 121 heavy (non-hydrogen) atoms. The summed E-state index contributed by atoms with van der Waals surface area (Å²) in [4.78, 5) is 59.0. The predicted octanol–water partition coefficient (Wildman–Crippen LogP) is 29.6. The molecule has 0 aromatic carbocycles. The van der Waals surface area contributed by atoms with Gasteiger partial charge in [0.2, 0.25) is 0 Å². The maximum absolute atomic E-state index is 13.0. The van der Waals surface area contributed by atoms with Crippen LogP contribution in [0.3, 0.4) is 0 Å². The Labute approximate surface area is 737 Å². The smallest absolute Gasteiger partial charge is 0.463 e. The molecule has 688 valence electrons. The van der Waals surface area contributed by atoms with Gasteiger partial charge in [0.05, 0.1) is 26.4 Å². The molecule has 0 fully saturated rings. The van der Waals surface area contributed by atoms with Gasteiger partial charge in [0, 0.05) is 19.3 Å². The molecule has 5 atom stereocenters. The molecule has 0 spiro atoms. The molecule has 0 rings (SSSR count). The average Bonchev–Trinajstić information content (AvgIpc) is 0.895. The van der Waals surface area contributed by atoms with E-state index in [9.17, 15) is 43.5 Å². The predicted molar refractivity (Wildman–Crippen MR) is 509 cm³/mol. The van der Waals surface area contributed by atoms with Crippen molar-refractivity contribution in [3.8, 4) is 0 Å². The van der Waals surface area contributed by atoms with E-state index in [1.807, 2.05) is 0 Å². The number of unbranched alkanes of at least 4 members (excludes halogenated alkanes) is 31. The number of allylic oxidation sites excluding steroid dienone is 34. The molecule has 0 aliphatic heterocycles. The van der Waals surface area contributed by atoms with Crippen molar-refractivity contribution in [1.29, 1.82) is 0 Å². The molecule has 0 bridgehead atoms. The Morgan fingerprint density at radius 1 is 0.231 bits per heavy atom. The van der Waals surface area contributed by atoms with Crippen LogP contribution < -0.4 is 0 Å². The highest BCUT2D eigenvalue weighted by Crippen LogP contribution is 2.45. The third kappa shape index (κ3) is 94.6. The minimum atomic E-state index is -4.96. The Balaban J connectivity index is 4.55. The SMILES string of the molecule is CC/C=C\C/C=C\C/C=C\C/C=C\C/C=C\C/C=C\CCCCCCCCCCCCCCCCCCC(=O)OCC(O)COP(=O)(O)OCC(O)COP(=O)(O)OCC(COC(=O)CCCCCCCCCCCCCC/C=C\C/C=C\C/C=C\C/C=C\C/C=C\C/C=C\CC)OC(=O)CCCCC/C=C\C/C=C\C/C=C\C/C=C\C/C=C\CC. The lowest BCUT2D eigenvalue weighted by atomic mass is 10.0. The fourth-order valence-corrected chi connectivity index (χ4v) is 14.0. The van der Waals surface area contributed by atoms with E-state index in [-0.39, 0.29) is 19.3 Å². The molecular weight excluding hydrogens is 1560 g/mol. The van der Waals surface area contributed by atoms with Crippen molar-refractivity contribution >= 4 is 33.6 Å². The van der Waals surface area contributed by atoms with Gasteiger partial charge in [0.25, 0.3) is 0 Å². The van der Waals surface area contributed by atoms with E-state index in [0.29, 0.717) is 19.3 Å². The summed E-state index contributed by atoms with van der Waals surface area (Å²) in [6.07, 6.45) is 126. The largest absolute Gasteiger partial charge is 0.472 e. The zero-order chi connectivity index (χ0) is 87.9. The van der Waals surface area contributed by atoms with E-state index in [4.69, 9.17) is 32.3 Å². The van der Waals surface area contributed by atoms with Crippen molar-refractivity contribution in [3.05, 3.63) is 207 Å². The van der Waals surface area contributed by atoms with Crippen molar-refractivity contribution < 1.29 is 75.8 Å². The topological polar surface area (TPSA) is 231 Å². The minimum Gasteiger partial charge on any atom is -0.463 e. The van der Waals surface area contributed by atoms with Crippen molar-refractivity contribution in [2.24, 2.45) is 0 Å². The molecule has 18 heteroatoms. The first-order valence-corrected chi connectivity index (χ1v) is 50.4. The molecule has 16 nitrogen and oxygen atoms in total. The van der Waals surface area contributed by atoms with Crippen LogP contribution >= 0.6 is 15.6 Å². The fraction of sp³-hybridized carbons (Fsp3) is 0.641. The summed E-state index contributed by atoms with van der Waals surface area (Å²) < 4.78 is 61.5. The van der Waals surface area contributed by atoms with Crippen molar-refractivity contribution in [2.75, 3.05) is 39.6 Å². The lowest BCUT2D eigenvalue weighted by Crippen LogP contribution is -2.30. The quantitative estimate of drug-likeness (QED) is 0.0146. The first kappa shape index (κ1) is 115. The van der Waals surface area contributed by atoms with Gasteiger partial charge in [-0.05, 0) is 167 Å². The summed E-state index contributed by atoms with van der Waals surface area (Å²) in [5, 5.41) is 20.7. The first-order chi connectivity index (χ1) is 59.2. The molecule has 0 amide bonds. The van der Waals surface area contributed by atoms with Gasteiger partial charge in [-0.2, -0.15) is 0 Å². The van der Waals surface area contributed by atoms with Gasteiger partial charge < -0.3 is 34.2 Å². The standard InChI is InChI=1S/C103H170O16P2/c1-4-7-10-13-16-19-22-25-28-31-34-36-38-40-42-44-46-47-48-49-51-53-54-56-58-60-63-65-68-71-74-77-80-83-86-89-101(106)113-92-98(104)93-115-120(109,110)116-94-99(105)95-117-121(111,112)118-97-100(119-103(108)91-88-85-82-79-76-73-70-67-62-33-30-27-24-21-18-15-12-9-6-3)96-114-102(107)90-87-84-81-78-75-72-69-66-64-61-59-57-55-52-50-45-43-41-39-37-35-32-29-26-23-20-17-14-11-8-5-2/h7-12,16-21,25-30,34-37,40-43,46-47,50,52,62,67,73,76,98-100,104-105H,4-6,13-15,22-24,31-33,38-39,44-45,48-49,51,53-61,63-66,68-72,74-75,77-97H2,1-3H3,(H,109,110)(H,111,112)/b10-7-,11-8-,12-9-,19-16-,20-17-,21-18-,28-25-,29-26-,30-27-,36-34-,37-35-,42-40-,43-41-,47-46-,52-50-,67-62-,76-73-. The Morgan fingerprint density at radius 2 is 0.413 bits per heavy atom. The summed E-state index contributed by atoms with van der Waals surface area (Å²) >= 11 is 0. The van der Waals surface area contributed by atoms with Gasteiger partial charge >= 0.3 is 33.6 Å². The number of rotatable bonds is 88. The zero-order valence-electron chi connectivity index (χ0n) is 75.9. The maximum atomic E-state index is 13.0. The average molecular weight is 1730 g/mol. The van der Waals surface area contributed by atoms with E-state index in [1.54, 1.807) is 0 Å². The Morgan fingerprint density at radius 3 is 0.661 bits per heavy atom.